The molecule has 6 nitrogen and oxygen atoms in total. The van der Waals surface area contributed by atoms with Crippen LogP contribution in [0.25, 0.3) is 5.82 Å². The fourth-order valence-corrected chi connectivity index (χ4v) is 1.22. The Kier molecular flexibility index (Phi) is 2.09. The van der Waals surface area contributed by atoms with Gasteiger partial charge in [-0.25, -0.2) is 9.67 Å². The first-order valence-electron chi connectivity index (χ1n) is 4.24. The molecule has 2 heterocycles. The van der Waals surface area contributed by atoms with Gasteiger partial charge in [-0.3, -0.25) is 4.79 Å². The van der Waals surface area contributed by atoms with Crippen molar-refractivity contribution >= 4 is 11.6 Å². The van der Waals surface area contributed by atoms with Gasteiger partial charge in [0.25, 0.3) is 5.91 Å². The van der Waals surface area contributed by atoms with Crippen molar-refractivity contribution in [3.63, 3.8) is 0 Å². The average Bonchev–Trinajstić information content (AvgIpc) is 2.65. The van der Waals surface area contributed by atoms with Crippen molar-refractivity contribution in [3.8, 4) is 5.82 Å². The number of nitrogens with zero attached hydrogens (tertiary/aromatic N) is 3. The molecule has 0 fully saturated rings. The quantitative estimate of drug-likeness (QED) is 0.714. The number of primary amides is 1. The van der Waals surface area contributed by atoms with Gasteiger partial charge in [-0.05, 0) is 12.1 Å². The number of nitrogen functional groups attached to an aromatic ring is 1. The van der Waals surface area contributed by atoms with E-state index in [1.54, 1.807) is 24.5 Å². The Morgan fingerprint density at radius 2 is 2.27 bits per heavy atom. The fourth-order valence-electron chi connectivity index (χ4n) is 1.22. The maximum atomic E-state index is 11.1. The predicted molar refractivity (Wildman–Crippen MR) is 54.3 cm³/mol. The minimum absolute atomic E-state index is 0.306. The van der Waals surface area contributed by atoms with Crippen LogP contribution >= 0.6 is 0 Å². The standard InChI is InChI=1S/C9H9N5O/c10-6-4-13-14(5-6)9-7(8(11)15)2-1-3-12-9/h1-5H,10H2,(H2,11,15). The van der Waals surface area contributed by atoms with E-state index in [1.807, 2.05) is 0 Å². The normalized spacial score (nSPS) is 10.1. The SMILES string of the molecule is NC(=O)c1cccnc1-n1cc(N)cn1. The third-order valence-electron chi connectivity index (χ3n) is 1.87. The smallest absolute Gasteiger partial charge is 0.252 e. The zero-order valence-electron chi connectivity index (χ0n) is 7.79. The number of pyridine rings is 1. The molecule has 4 N–H and O–H groups in total. The molecule has 15 heavy (non-hydrogen) atoms. The van der Waals surface area contributed by atoms with Gasteiger partial charge in [-0.2, -0.15) is 5.10 Å². The summed E-state index contributed by atoms with van der Waals surface area (Å²) in [6.45, 7) is 0. The highest BCUT2D eigenvalue weighted by Crippen LogP contribution is 2.11. The zero-order valence-corrected chi connectivity index (χ0v) is 7.79. The van der Waals surface area contributed by atoms with Crippen LogP contribution in [0.15, 0.2) is 30.7 Å². The van der Waals surface area contributed by atoms with Crippen molar-refractivity contribution in [2.24, 2.45) is 5.73 Å². The van der Waals surface area contributed by atoms with Gasteiger partial charge in [0.2, 0.25) is 0 Å². The predicted octanol–water partition coefficient (Wildman–Crippen LogP) is -0.0516. The number of nitrogens with two attached hydrogens (primary N) is 2. The highest BCUT2D eigenvalue weighted by molar-refractivity contribution is 5.95. The van der Waals surface area contributed by atoms with Crippen LogP contribution in [0, 0.1) is 0 Å². The molecule has 0 aliphatic heterocycles. The second kappa shape index (κ2) is 3.41. The summed E-state index contributed by atoms with van der Waals surface area (Å²) in [4.78, 5) is 15.1. The summed E-state index contributed by atoms with van der Waals surface area (Å²) in [6.07, 6.45) is 4.59. The van der Waals surface area contributed by atoms with E-state index >= 15 is 0 Å². The van der Waals surface area contributed by atoms with Gasteiger partial charge < -0.3 is 11.5 Å². The third-order valence-corrected chi connectivity index (χ3v) is 1.87. The molecule has 0 saturated carbocycles. The summed E-state index contributed by atoms with van der Waals surface area (Å²) >= 11 is 0. The molecule has 0 aliphatic carbocycles. The molecule has 6 heteroatoms. The van der Waals surface area contributed by atoms with Crippen LogP contribution in [0.2, 0.25) is 0 Å². The number of hydrogen-bond acceptors (Lipinski definition) is 4. The Labute approximate surface area is 85.5 Å². The Hall–Kier alpha value is -2.37. The van der Waals surface area contributed by atoms with Crippen LogP contribution in [0.5, 0.6) is 0 Å². The molecule has 2 aromatic rings. The minimum atomic E-state index is -0.549. The molecular weight excluding hydrogens is 194 g/mol. The molecule has 1 amide bonds. The average molecular weight is 203 g/mol. The molecule has 0 saturated heterocycles. The van der Waals surface area contributed by atoms with E-state index in [0.717, 1.165) is 0 Å². The molecule has 0 atom stereocenters. The van der Waals surface area contributed by atoms with Gasteiger partial charge >= 0.3 is 0 Å². The number of hydrogen-bond donors (Lipinski definition) is 2. The van der Waals surface area contributed by atoms with Crippen molar-refractivity contribution in [1.29, 1.82) is 0 Å². The van der Waals surface area contributed by atoms with Crippen molar-refractivity contribution in [1.82, 2.24) is 14.8 Å². The fraction of sp³-hybridized carbons (Fsp3) is 0. The Bertz CT molecular complexity index is 505. The lowest BCUT2D eigenvalue weighted by Gasteiger charge is -2.03. The van der Waals surface area contributed by atoms with Crippen molar-refractivity contribution in [2.75, 3.05) is 5.73 Å². The summed E-state index contributed by atoms with van der Waals surface area (Å²) in [5.74, 6) is -0.172. The molecule has 0 bridgehead atoms. The van der Waals surface area contributed by atoms with Crippen LogP contribution in [-0.2, 0) is 0 Å². The summed E-state index contributed by atoms with van der Waals surface area (Å²) in [7, 11) is 0. The van der Waals surface area contributed by atoms with E-state index in [1.165, 1.54) is 10.9 Å². The van der Waals surface area contributed by atoms with E-state index < -0.39 is 5.91 Å². The zero-order chi connectivity index (χ0) is 10.8. The van der Waals surface area contributed by atoms with Crippen LogP contribution in [0.4, 0.5) is 5.69 Å². The number of carbonyl (C=O) groups is 1. The Balaban J connectivity index is 2.57. The Morgan fingerprint density at radius 1 is 1.47 bits per heavy atom. The van der Waals surface area contributed by atoms with E-state index in [2.05, 4.69) is 10.1 Å². The third kappa shape index (κ3) is 1.64. The highest BCUT2D eigenvalue weighted by Gasteiger charge is 2.10. The number of carbonyl (C=O) groups excluding carboxylic acids is 1. The summed E-state index contributed by atoms with van der Waals surface area (Å²) < 4.78 is 1.41. The summed E-state index contributed by atoms with van der Waals surface area (Å²) in [6, 6.07) is 3.22. The molecule has 0 radical (unpaired) electrons. The first kappa shape index (κ1) is 9.20. The maximum Gasteiger partial charge on any atom is 0.252 e. The van der Waals surface area contributed by atoms with E-state index in [0.29, 0.717) is 17.1 Å². The van der Waals surface area contributed by atoms with E-state index in [4.69, 9.17) is 11.5 Å². The van der Waals surface area contributed by atoms with Crippen molar-refractivity contribution < 1.29 is 4.79 Å². The first-order valence-corrected chi connectivity index (χ1v) is 4.24. The number of aromatic nitrogens is 3. The molecule has 0 aliphatic rings. The maximum absolute atomic E-state index is 11.1. The van der Waals surface area contributed by atoms with Gasteiger partial charge in [-0.15, -0.1) is 0 Å². The molecule has 0 unspecified atom stereocenters. The van der Waals surface area contributed by atoms with Crippen LogP contribution < -0.4 is 11.5 Å². The monoisotopic (exact) mass is 203 g/mol. The lowest BCUT2D eigenvalue weighted by molar-refractivity contribution is 0.1000. The lowest BCUT2D eigenvalue weighted by atomic mass is 10.2. The summed E-state index contributed by atoms with van der Waals surface area (Å²) in [5.41, 5.74) is 11.5. The molecular formula is C9H9N5O. The van der Waals surface area contributed by atoms with Crippen molar-refractivity contribution in [3.05, 3.63) is 36.3 Å². The van der Waals surface area contributed by atoms with Crippen LogP contribution in [0.3, 0.4) is 0 Å². The minimum Gasteiger partial charge on any atom is -0.396 e. The molecule has 0 spiro atoms. The Morgan fingerprint density at radius 3 is 2.87 bits per heavy atom. The highest BCUT2D eigenvalue weighted by atomic mass is 16.1. The van der Waals surface area contributed by atoms with Crippen LogP contribution in [-0.4, -0.2) is 20.7 Å². The number of rotatable bonds is 2. The van der Waals surface area contributed by atoms with Gasteiger partial charge in [0.05, 0.1) is 23.6 Å². The van der Waals surface area contributed by atoms with Gasteiger partial charge in [0.15, 0.2) is 5.82 Å². The van der Waals surface area contributed by atoms with E-state index in [9.17, 15) is 4.79 Å². The largest absolute Gasteiger partial charge is 0.396 e. The van der Waals surface area contributed by atoms with Gasteiger partial charge in [0, 0.05) is 6.20 Å². The van der Waals surface area contributed by atoms with Crippen molar-refractivity contribution in [2.45, 2.75) is 0 Å². The summed E-state index contributed by atoms with van der Waals surface area (Å²) in [5, 5.41) is 3.95. The topological polar surface area (TPSA) is 99.8 Å². The van der Waals surface area contributed by atoms with Crippen LogP contribution in [0.1, 0.15) is 10.4 Å². The second-order valence-corrected chi connectivity index (χ2v) is 2.96. The number of anilines is 1. The first-order chi connectivity index (χ1) is 7.18. The molecule has 2 aromatic heterocycles. The second-order valence-electron chi connectivity index (χ2n) is 2.96. The molecule has 0 aromatic carbocycles. The van der Waals surface area contributed by atoms with Gasteiger partial charge in [-0.1, -0.05) is 0 Å². The molecule has 2 rings (SSSR count). The number of amides is 1. The lowest BCUT2D eigenvalue weighted by Crippen LogP contribution is -2.15. The van der Waals surface area contributed by atoms with E-state index in [-0.39, 0.29) is 0 Å². The van der Waals surface area contributed by atoms with Gasteiger partial charge in [0.1, 0.15) is 0 Å². The molecule has 76 valence electrons.